The first-order valence-corrected chi connectivity index (χ1v) is 12.5. The van der Waals surface area contributed by atoms with Crippen molar-refractivity contribution < 1.29 is 29.3 Å². The third-order valence-corrected chi connectivity index (χ3v) is 7.82. The van der Waals surface area contributed by atoms with Gasteiger partial charge in [-0.2, -0.15) is 0 Å². The molecule has 1 aromatic carbocycles. The number of rotatable bonds is 9. The van der Waals surface area contributed by atoms with E-state index in [-0.39, 0.29) is 22.7 Å². The average Bonchev–Trinajstić information content (AvgIpc) is 3.13. The number of aromatic carboxylic acids is 1. The number of carboxylic acid groups (broad SMARTS) is 2. The lowest BCUT2D eigenvalue weighted by Crippen LogP contribution is -2.41. The van der Waals surface area contributed by atoms with E-state index < -0.39 is 18.5 Å². The quantitative estimate of drug-likeness (QED) is 0.344. The number of carbonyl (C=O) groups is 3. The Morgan fingerprint density at radius 3 is 2.58 bits per heavy atom. The largest absolute Gasteiger partial charge is 0.479 e. The van der Waals surface area contributed by atoms with Crippen molar-refractivity contribution in [1.82, 2.24) is 10.6 Å². The van der Waals surface area contributed by atoms with Gasteiger partial charge in [0, 0.05) is 6.54 Å². The van der Waals surface area contributed by atoms with Crippen LogP contribution < -0.4 is 15.4 Å². The van der Waals surface area contributed by atoms with Gasteiger partial charge < -0.3 is 25.6 Å². The average molecular weight is 539 g/mol. The molecule has 0 saturated heterocycles. The number of hydrogen-bond donors (Lipinski definition) is 4. The first kappa shape index (κ1) is 25.0. The van der Waals surface area contributed by atoms with E-state index in [4.69, 9.17) is 9.84 Å². The van der Waals surface area contributed by atoms with Crippen LogP contribution in [-0.4, -0.2) is 41.3 Å². The lowest BCUT2D eigenvalue weighted by Gasteiger charge is -2.31. The molecule has 0 bridgehead atoms. The van der Waals surface area contributed by atoms with Crippen LogP contribution in [0.5, 0.6) is 5.75 Å². The van der Waals surface area contributed by atoms with E-state index in [2.05, 4.69) is 26.6 Å². The molecule has 0 aliphatic heterocycles. The summed E-state index contributed by atoms with van der Waals surface area (Å²) in [5, 5.41) is 24.4. The Morgan fingerprint density at radius 1 is 1.21 bits per heavy atom. The minimum absolute atomic E-state index is 0.000387. The van der Waals surface area contributed by atoms with Crippen LogP contribution in [0.3, 0.4) is 0 Å². The Bertz CT molecular complexity index is 1020. The van der Waals surface area contributed by atoms with Gasteiger partial charge >= 0.3 is 18.0 Å². The van der Waals surface area contributed by atoms with Crippen LogP contribution in [0.25, 0.3) is 10.4 Å². The number of aliphatic carboxylic acids is 1. The number of amides is 2. The number of urea groups is 1. The van der Waals surface area contributed by atoms with Crippen LogP contribution in [0.15, 0.2) is 28.7 Å². The summed E-state index contributed by atoms with van der Waals surface area (Å²) in [5.74, 6) is -2.08. The molecule has 178 valence electrons. The Labute approximate surface area is 204 Å². The molecule has 8 nitrogen and oxygen atoms in total. The zero-order chi connectivity index (χ0) is 24.0. The van der Waals surface area contributed by atoms with E-state index in [0.29, 0.717) is 21.8 Å². The highest BCUT2D eigenvalue weighted by Crippen LogP contribution is 2.46. The summed E-state index contributed by atoms with van der Waals surface area (Å²) in [5.41, 5.74) is 1.70. The predicted molar refractivity (Wildman–Crippen MR) is 129 cm³/mol. The van der Waals surface area contributed by atoms with Crippen molar-refractivity contribution in [2.45, 2.75) is 45.1 Å². The third kappa shape index (κ3) is 6.26. The van der Waals surface area contributed by atoms with Crippen molar-refractivity contribution in [2.24, 2.45) is 5.92 Å². The summed E-state index contributed by atoms with van der Waals surface area (Å²) in [6.07, 6.45) is 5.51. The maximum atomic E-state index is 12.4. The molecule has 1 saturated carbocycles. The third-order valence-electron chi connectivity index (χ3n) is 5.60. The lowest BCUT2D eigenvalue weighted by atomic mass is 9.81. The van der Waals surface area contributed by atoms with Crippen molar-refractivity contribution in [3.8, 4) is 16.2 Å². The van der Waals surface area contributed by atoms with Gasteiger partial charge in [0.15, 0.2) is 17.2 Å². The molecule has 4 N–H and O–H groups in total. The maximum absolute atomic E-state index is 12.4. The SMILES string of the molecule is CCNC(=O)NC(c1cccc(-c2sc(C(=O)O)c(OCC(=O)O)c2Br)c1)C1CCCCC1. The number of carbonyl (C=O) groups excluding carboxylic acids is 1. The highest BCUT2D eigenvalue weighted by atomic mass is 79.9. The summed E-state index contributed by atoms with van der Waals surface area (Å²) in [6, 6.07) is 7.28. The van der Waals surface area contributed by atoms with Gasteiger partial charge in [0.25, 0.3) is 0 Å². The van der Waals surface area contributed by atoms with Crippen molar-refractivity contribution in [3.05, 3.63) is 39.2 Å². The monoisotopic (exact) mass is 538 g/mol. The summed E-state index contributed by atoms with van der Waals surface area (Å²) in [4.78, 5) is 35.6. The van der Waals surface area contributed by atoms with Crippen LogP contribution in [0, 0.1) is 5.92 Å². The van der Waals surface area contributed by atoms with Gasteiger partial charge in [0.1, 0.15) is 0 Å². The molecule has 1 aliphatic rings. The van der Waals surface area contributed by atoms with Gasteiger partial charge in [0.05, 0.1) is 15.4 Å². The second-order valence-corrected chi connectivity index (χ2v) is 9.71. The molecule has 1 aromatic heterocycles. The zero-order valence-corrected chi connectivity index (χ0v) is 20.6. The van der Waals surface area contributed by atoms with E-state index in [1.165, 1.54) is 6.42 Å². The summed E-state index contributed by atoms with van der Waals surface area (Å²) >= 11 is 4.42. The fraction of sp³-hybridized carbons (Fsp3) is 0.435. The Kier molecular flexibility index (Phi) is 8.74. The molecule has 0 radical (unpaired) electrons. The number of nitrogens with one attached hydrogen (secondary N) is 2. The molecule has 3 rings (SSSR count). The fourth-order valence-corrected chi connectivity index (χ4v) is 6.04. The molecular weight excluding hydrogens is 512 g/mol. The zero-order valence-electron chi connectivity index (χ0n) is 18.2. The number of benzene rings is 1. The van der Waals surface area contributed by atoms with Crippen LogP contribution in [0.2, 0.25) is 0 Å². The highest BCUT2D eigenvalue weighted by Gasteiger charge is 2.28. The van der Waals surface area contributed by atoms with Crippen molar-refractivity contribution in [2.75, 3.05) is 13.2 Å². The molecule has 0 spiro atoms. The Balaban J connectivity index is 1.98. The number of ether oxygens (including phenoxy) is 1. The van der Waals surface area contributed by atoms with E-state index in [1.807, 2.05) is 31.2 Å². The maximum Gasteiger partial charge on any atom is 0.349 e. The molecule has 1 atom stereocenters. The fourth-order valence-electron chi connectivity index (χ4n) is 4.15. The number of carboxylic acids is 2. The normalized spacial score (nSPS) is 15.0. The molecule has 2 aromatic rings. The Morgan fingerprint density at radius 2 is 1.94 bits per heavy atom. The van der Waals surface area contributed by atoms with Crippen molar-refractivity contribution in [1.29, 1.82) is 0 Å². The highest BCUT2D eigenvalue weighted by molar-refractivity contribution is 9.10. The second-order valence-electron chi connectivity index (χ2n) is 7.90. The van der Waals surface area contributed by atoms with Crippen molar-refractivity contribution in [3.63, 3.8) is 0 Å². The Hall–Kier alpha value is -2.59. The number of halogens is 1. The molecular formula is C23H27BrN2O6S. The summed E-state index contributed by atoms with van der Waals surface area (Å²) in [6.45, 7) is 1.76. The smallest absolute Gasteiger partial charge is 0.349 e. The minimum Gasteiger partial charge on any atom is -0.479 e. The molecule has 10 heteroatoms. The standard InChI is InChI=1S/C23H27BrN2O6S/c1-2-25-23(31)26-18(13-7-4-3-5-8-13)14-9-6-10-15(11-14)20-17(24)19(32-12-16(27)28)21(33-20)22(29)30/h6,9-11,13,18H,2-5,7-8,12H2,1H3,(H,27,28)(H,29,30)(H2,25,26,31). The number of hydrogen-bond acceptors (Lipinski definition) is 5. The van der Waals surface area contributed by atoms with E-state index in [9.17, 15) is 19.5 Å². The van der Waals surface area contributed by atoms with Crippen LogP contribution in [0.4, 0.5) is 4.79 Å². The topological polar surface area (TPSA) is 125 Å². The lowest BCUT2D eigenvalue weighted by molar-refractivity contribution is -0.139. The predicted octanol–water partition coefficient (Wildman–Crippen LogP) is 5.28. The molecule has 33 heavy (non-hydrogen) atoms. The first-order valence-electron chi connectivity index (χ1n) is 10.9. The molecule has 2 amide bonds. The second kappa shape index (κ2) is 11.5. The van der Waals surface area contributed by atoms with E-state index >= 15 is 0 Å². The van der Waals surface area contributed by atoms with E-state index in [0.717, 1.165) is 48.1 Å². The van der Waals surface area contributed by atoms with Gasteiger partial charge in [-0.15, -0.1) is 11.3 Å². The minimum atomic E-state index is -1.19. The molecule has 1 aliphatic carbocycles. The first-order chi connectivity index (χ1) is 15.8. The van der Waals surface area contributed by atoms with Gasteiger partial charge in [0.2, 0.25) is 0 Å². The van der Waals surface area contributed by atoms with Crippen LogP contribution >= 0.6 is 27.3 Å². The molecule has 1 unspecified atom stereocenters. The van der Waals surface area contributed by atoms with E-state index in [1.54, 1.807) is 0 Å². The van der Waals surface area contributed by atoms with Gasteiger partial charge in [-0.1, -0.05) is 37.5 Å². The van der Waals surface area contributed by atoms with Crippen LogP contribution in [0.1, 0.15) is 60.3 Å². The van der Waals surface area contributed by atoms with Crippen molar-refractivity contribution >= 4 is 45.2 Å². The molecule has 1 heterocycles. The van der Waals surface area contributed by atoms with Crippen LogP contribution in [-0.2, 0) is 4.79 Å². The number of thiophene rings is 1. The summed E-state index contributed by atoms with van der Waals surface area (Å²) in [7, 11) is 0. The van der Waals surface area contributed by atoms with Gasteiger partial charge in [-0.05, 0) is 58.8 Å². The molecule has 1 fully saturated rings. The summed E-state index contributed by atoms with van der Waals surface area (Å²) < 4.78 is 5.66. The van der Waals surface area contributed by atoms with Gasteiger partial charge in [-0.3, -0.25) is 0 Å². The van der Waals surface area contributed by atoms with Gasteiger partial charge in [-0.25, -0.2) is 14.4 Å².